The lowest BCUT2D eigenvalue weighted by molar-refractivity contribution is -0.137. The average Bonchev–Trinajstić information content (AvgIpc) is 2.80. The first-order chi connectivity index (χ1) is 16.0. The molecule has 2 fully saturated rings. The van der Waals surface area contributed by atoms with E-state index in [2.05, 4.69) is 22.5 Å². The molecule has 0 bridgehead atoms. The monoisotopic (exact) mass is 451 g/mol. The van der Waals surface area contributed by atoms with Crippen LogP contribution in [0.15, 0.2) is 18.2 Å². The van der Waals surface area contributed by atoms with E-state index in [4.69, 9.17) is 0 Å². The van der Waals surface area contributed by atoms with Crippen LogP contribution in [0.1, 0.15) is 85.7 Å². The number of carbonyl (C=O) groups excluding carboxylic acids is 4. The lowest BCUT2D eigenvalue weighted by Gasteiger charge is -2.30. The van der Waals surface area contributed by atoms with E-state index in [1.807, 2.05) is 18.0 Å². The number of aldehydes is 1. The largest absolute Gasteiger partial charge is 0.353 e. The molecule has 7 nitrogen and oxygen atoms in total. The van der Waals surface area contributed by atoms with Crippen molar-refractivity contribution in [1.29, 1.82) is 0 Å². The molecule has 2 N–H and O–H groups in total. The second kappa shape index (κ2) is 12.3. The van der Waals surface area contributed by atoms with E-state index in [1.165, 1.54) is 19.3 Å². The summed E-state index contributed by atoms with van der Waals surface area (Å²) >= 11 is 0. The first-order valence-corrected chi connectivity index (χ1v) is 11.9. The summed E-state index contributed by atoms with van der Waals surface area (Å²) in [4.78, 5) is 49.2. The first-order valence-electron chi connectivity index (χ1n) is 11.9. The third kappa shape index (κ3) is 7.26. The van der Waals surface area contributed by atoms with Crippen LogP contribution in [0.3, 0.4) is 0 Å². The van der Waals surface area contributed by atoms with Crippen LogP contribution in [0, 0.1) is 11.8 Å². The van der Waals surface area contributed by atoms with Crippen molar-refractivity contribution in [3.05, 3.63) is 34.9 Å². The molecule has 1 saturated carbocycles. The lowest BCUT2D eigenvalue weighted by Crippen LogP contribution is -2.51. The molecule has 0 aromatic heterocycles. The highest BCUT2D eigenvalue weighted by molar-refractivity contribution is 6.00. The SMILES string of the molecule is CN(Cc1c(C#CCCCC(=O)NC2CCCCC2)cccc1C=O)C1CCC(=O)NC1=O. The number of hydrogen-bond acceptors (Lipinski definition) is 5. The fourth-order valence-electron chi connectivity index (χ4n) is 4.51. The van der Waals surface area contributed by atoms with Gasteiger partial charge in [-0.1, -0.05) is 43.2 Å². The van der Waals surface area contributed by atoms with E-state index < -0.39 is 6.04 Å². The molecule has 3 amide bonds. The standard InChI is InChI=1S/C26H33N3O4/c1-29(23-15-16-25(32)28-26(23)33)17-22-19(10-8-11-20(22)18-30)9-4-2-7-14-24(31)27-21-12-5-3-6-13-21/h8,10-11,18,21,23H,2-3,5-7,12-17H2,1H3,(H,27,31)(H,28,32,33). The van der Waals surface area contributed by atoms with Crippen molar-refractivity contribution in [2.75, 3.05) is 7.05 Å². The highest BCUT2D eigenvalue weighted by Crippen LogP contribution is 2.20. The molecule has 0 spiro atoms. The fourth-order valence-corrected chi connectivity index (χ4v) is 4.51. The summed E-state index contributed by atoms with van der Waals surface area (Å²) in [5.41, 5.74) is 2.04. The molecule has 0 radical (unpaired) electrons. The Morgan fingerprint density at radius 3 is 2.73 bits per heavy atom. The van der Waals surface area contributed by atoms with Crippen molar-refractivity contribution in [1.82, 2.24) is 15.5 Å². The van der Waals surface area contributed by atoms with Crippen molar-refractivity contribution in [2.45, 2.75) is 82.8 Å². The number of nitrogens with one attached hydrogen (secondary N) is 2. The van der Waals surface area contributed by atoms with Crippen LogP contribution in [0.2, 0.25) is 0 Å². The predicted octanol–water partition coefficient (Wildman–Crippen LogP) is 2.71. The molecule has 33 heavy (non-hydrogen) atoms. The maximum absolute atomic E-state index is 12.2. The Balaban J connectivity index is 1.57. The van der Waals surface area contributed by atoms with Crippen LogP contribution in [0.25, 0.3) is 0 Å². The van der Waals surface area contributed by atoms with Crippen molar-refractivity contribution in [3.63, 3.8) is 0 Å². The topological polar surface area (TPSA) is 95.6 Å². The average molecular weight is 452 g/mol. The quantitative estimate of drug-likeness (QED) is 0.274. The molecule has 1 atom stereocenters. The molecular weight excluding hydrogens is 418 g/mol. The van der Waals surface area contributed by atoms with Gasteiger partial charge in [-0.3, -0.25) is 29.4 Å². The van der Waals surface area contributed by atoms with Gasteiger partial charge in [0.05, 0.1) is 6.04 Å². The molecule has 7 heteroatoms. The third-order valence-corrected chi connectivity index (χ3v) is 6.39. The molecule has 1 heterocycles. The van der Waals surface area contributed by atoms with Gasteiger partial charge >= 0.3 is 0 Å². The van der Waals surface area contributed by atoms with Crippen LogP contribution in [-0.4, -0.2) is 48.0 Å². The highest BCUT2D eigenvalue weighted by atomic mass is 16.2. The van der Waals surface area contributed by atoms with Crippen molar-refractivity contribution in [3.8, 4) is 11.8 Å². The van der Waals surface area contributed by atoms with E-state index in [-0.39, 0.29) is 17.7 Å². The van der Waals surface area contributed by atoms with Crippen molar-refractivity contribution >= 4 is 24.0 Å². The van der Waals surface area contributed by atoms with Crippen LogP contribution >= 0.6 is 0 Å². The summed E-state index contributed by atoms with van der Waals surface area (Å²) < 4.78 is 0. The summed E-state index contributed by atoms with van der Waals surface area (Å²) in [6.45, 7) is 0.370. The van der Waals surface area contributed by atoms with Gasteiger partial charge in [-0.2, -0.15) is 0 Å². The first kappa shape index (κ1) is 24.7. The number of nitrogens with zero attached hydrogens (tertiary/aromatic N) is 1. The highest BCUT2D eigenvalue weighted by Gasteiger charge is 2.30. The van der Waals surface area contributed by atoms with E-state index in [0.717, 1.165) is 30.3 Å². The van der Waals surface area contributed by atoms with Gasteiger partial charge in [0.25, 0.3) is 0 Å². The number of rotatable bonds is 8. The van der Waals surface area contributed by atoms with Gasteiger partial charge in [-0.05, 0) is 44.4 Å². The van der Waals surface area contributed by atoms with Gasteiger partial charge < -0.3 is 5.32 Å². The number of unbranched alkanes of at least 4 members (excludes halogenated alkanes) is 1. The minimum absolute atomic E-state index is 0.0956. The van der Waals surface area contributed by atoms with Gasteiger partial charge in [0.2, 0.25) is 17.7 Å². The Kier molecular flexibility index (Phi) is 9.20. The number of hydrogen-bond donors (Lipinski definition) is 2. The summed E-state index contributed by atoms with van der Waals surface area (Å²) in [5.74, 6) is 5.81. The van der Waals surface area contributed by atoms with Gasteiger partial charge in [0.1, 0.15) is 6.29 Å². The van der Waals surface area contributed by atoms with Crippen LogP contribution in [0.4, 0.5) is 0 Å². The predicted molar refractivity (Wildman–Crippen MR) is 125 cm³/mol. The van der Waals surface area contributed by atoms with Crippen molar-refractivity contribution < 1.29 is 19.2 Å². The van der Waals surface area contributed by atoms with Crippen LogP contribution in [0.5, 0.6) is 0 Å². The number of piperidine rings is 1. The molecule has 176 valence electrons. The Bertz CT molecular complexity index is 941. The molecule has 1 saturated heterocycles. The molecule has 3 rings (SSSR count). The van der Waals surface area contributed by atoms with Crippen molar-refractivity contribution in [2.24, 2.45) is 0 Å². The Labute approximate surface area is 195 Å². The Morgan fingerprint density at radius 1 is 1.21 bits per heavy atom. The second-order valence-corrected chi connectivity index (χ2v) is 8.93. The molecule has 1 aliphatic carbocycles. The smallest absolute Gasteiger partial charge is 0.243 e. The fraction of sp³-hybridized carbons (Fsp3) is 0.538. The lowest BCUT2D eigenvalue weighted by atomic mass is 9.95. The zero-order valence-electron chi connectivity index (χ0n) is 19.3. The van der Waals surface area contributed by atoms with E-state index in [0.29, 0.717) is 50.3 Å². The van der Waals surface area contributed by atoms with Gasteiger partial charge in [0, 0.05) is 43.0 Å². The molecule has 1 aliphatic heterocycles. The van der Waals surface area contributed by atoms with E-state index in [9.17, 15) is 19.2 Å². The summed E-state index contributed by atoms with van der Waals surface area (Å²) in [7, 11) is 1.81. The minimum Gasteiger partial charge on any atom is -0.353 e. The number of benzene rings is 1. The van der Waals surface area contributed by atoms with Gasteiger partial charge in [-0.25, -0.2) is 0 Å². The number of likely N-dealkylation sites (N-methyl/N-ethyl adjacent to an activating group) is 1. The molecular formula is C26H33N3O4. The second-order valence-electron chi connectivity index (χ2n) is 8.93. The van der Waals surface area contributed by atoms with Gasteiger partial charge in [0.15, 0.2) is 0 Å². The number of amides is 3. The summed E-state index contributed by atoms with van der Waals surface area (Å²) in [6, 6.07) is 5.30. The summed E-state index contributed by atoms with van der Waals surface area (Å²) in [5, 5.41) is 5.50. The summed E-state index contributed by atoms with van der Waals surface area (Å²) in [6.07, 6.45) is 9.09. The van der Waals surface area contributed by atoms with E-state index >= 15 is 0 Å². The normalized spacial score (nSPS) is 18.9. The van der Waals surface area contributed by atoms with Crippen LogP contribution in [-0.2, 0) is 20.9 Å². The number of carbonyl (C=O) groups is 4. The van der Waals surface area contributed by atoms with Crippen LogP contribution < -0.4 is 10.6 Å². The van der Waals surface area contributed by atoms with E-state index in [1.54, 1.807) is 12.1 Å². The maximum Gasteiger partial charge on any atom is 0.243 e. The minimum atomic E-state index is -0.425. The maximum atomic E-state index is 12.2. The zero-order valence-corrected chi connectivity index (χ0v) is 19.3. The third-order valence-electron chi connectivity index (χ3n) is 6.39. The Hall–Kier alpha value is -2.98. The Morgan fingerprint density at radius 2 is 2.00 bits per heavy atom. The molecule has 2 aliphatic rings. The molecule has 1 aromatic carbocycles. The number of imide groups is 1. The van der Waals surface area contributed by atoms with Gasteiger partial charge in [-0.15, -0.1) is 0 Å². The molecule has 1 aromatic rings. The zero-order chi connectivity index (χ0) is 23.6. The molecule has 1 unspecified atom stereocenters.